The molecule has 0 aliphatic rings. The van der Waals surface area contributed by atoms with E-state index in [0.29, 0.717) is 5.75 Å². The summed E-state index contributed by atoms with van der Waals surface area (Å²) in [5.74, 6) is 0.901. The van der Waals surface area contributed by atoms with Crippen molar-refractivity contribution in [1.29, 1.82) is 0 Å². The van der Waals surface area contributed by atoms with Crippen LogP contribution in [0.3, 0.4) is 0 Å². The maximum atomic E-state index is 11.9. The minimum atomic E-state index is -0.475. The molecular formula is C17H18N2O4S. The molecule has 1 amide bonds. The summed E-state index contributed by atoms with van der Waals surface area (Å²) in [5.41, 5.74) is 2.59. The Hall–Kier alpha value is -2.54. The molecule has 0 saturated carbocycles. The Bertz CT molecular complexity index is 732. The van der Waals surface area contributed by atoms with E-state index in [0.717, 1.165) is 16.8 Å². The number of carbonyl (C=O) groups excluding carboxylic acids is 1. The zero-order valence-electron chi connectivity index (χ0n) is 13.4. The van der Waals surface area contributed by atoms with Crippen molar-refractivity contribution < 1.29 is 14.5 Å². The molecule has 0 radical (unpaired) electrons. The van der Waals surface area contributed by atoms with E-state index in [1.807, 2.05) is 31.2 Å². The van der Waals surface area contributed by atoms with Gasteiger partial charge in [0.1, 0.15) is 0 Å². The highest BCUT2D eigenvalue weighted by Gasteiger charge is 2.15. The lowest BCUT2D eigenvalue weighted by atomic mass is 10.2. The highest BCUT2D eigenvalue weighted by molar-refractivity contribution is 7.99. The van der Waals surface area contributed by atoms with Crippen LogP contribution in [0.4, 0.5) is 11.4 Å². The Morgan fingerprint density at radius 2 is 1.96 bits per heavy atom. The first-order valence-corrected chi connectivity index (χ1v) is 8.40. The third-order valence-corrected chi connectivity index (χ3v) is 4.28. The predicted octanol–water partition coefficient (Wildman–Crippen LogP) is 3.78. The number of anilines is 1. The topological polar surface area (TPSA) is 81.5 Å². The zero-order chi connectivity index (χ0) is 17.5. The average Bonchev–Trinajstić information content (AvgIpc) is 2.56. The second kappa shape index (κ2) is 8.35. The van der Waals surface area contributed by atoms with Crippen molar-refractivity contribution >= 4 is 29.0 Å². The molecule has 0 heterocycles. The maximum Gasteiger partial charge on any atom is 0.311 e. The molecular weight excluding hydrogens is 328 g/mol. The number of methoxy groups -OCH3 is 1. The molecule has 126 valence electrons. The highest BCUT2D eigenvalue weighted by Crippen LogP contribution is 2.29. The molecule has 2 rings (SSSR count). The van der Waals surface area contributed by atoms with Crippen molar-refractivity contribution in [3.63, 3.8) is 0 Å². The van der Waals surface area contributed by atoms with Crippen LogP contribution in [0.1, 0.15) is 11.1 Å². The van der Waals surface area contributed by atoms with Gasteiger partial charge in [-0.1, -0.05) is 23.8 Å². The van der Waals surface area contributed by atoms with E-state index in [-0.39, 0.29) is 23.1 Å². The number of aryl methyl sites for hydroxylation is 1. The van der Waals surface area contributed by atoms with Gasteiger partial charge in [-0.25, -0.2) is 0 Å². The number of nitrogens with one attached hydrogen (secondary N) is 1. The first-order chi connectivity index (χ1) is 11.5. The number of nitro groups is 1. The number of nitrogens with zero attached hydrogens (tertiary/aromatic N) is 1. The molecule has 2 aromatic rings. The fourth-order valence-corrected chi connectivity index (χ4v) is 2.84. The molecule has 0 unspecified atom stereocenters. The number of thioether (sulfide) groups is 1. The van der Waals surface area contributed by atoms with E-state index in [9.17, 15) is 14.9 Å². The lowest BCUT2D eigenvalue weighted by Crippen LogP contribution is -2.14. The third kappa shape index (κ3) is 4.99. The molecule has 0 saturated heterocycles. The van der Waals surface area contributed by atoms with Crippen LogP contribution in [0.5, 0.6) is 5.75 Å². The molecule has 0 bridgehead atoms. The van der Waals surface area contributed by atoms with Gasteiger partial charge >= 0.3 is 5.69 Å². The first-order valence-electron chi connectivity index (χ1n) is 7.25. The van der Waals surface area contributed by atoms with Crippen LogP contribution in [0.15, 0.2) is 42.5 Å². The van der Waals surface area contributed by atoms with Crippen LogP contribution in [0.2, 0.25) is 0 Å². The standard InChI is InChI=1S/C17H18N2O4S/c1-12-3-6-14(7-4-12)18-17(20)11-24-10-13-5-8-16(23-2)15(9-13)19(21)22/h3-9H,10-11H2,1-2H3,(H,18,20). The lowest BCUT2D eigenvalue weighted by Gasteiger charge is -2.07. The molecule has 24 heavy (non-hydrogen) atoms. The Labute approximate surface area is 144 Å². The molecule has 2 aromatic carbocycles. The number of amides is 1. The van der Waals surface area contributed by atoms with Gasteiger partial charge in [0.25, 0.3) is 0 Å². The van der Waals surface area contributed by atoms with Gasteiger partial charge in [-0.3, -0.25) is 14.9 Å². The van der Waals surface area contributed by atoms with E-state index < -0.39 is 4.92 Å². The number of hydrogen-bond acceptors (Lipinski definition) is 5. The summed E-state index contributed by atoms with van der Waals surface area (Å²) in [4.78, 5) is 22.4. The van der Waals surface area contributed by atoms with Crippen LogP contribution in [-0.4, -0.2) is 23.7 Å². The number of benzene rings is 2. The summed E-state index contributed by atoms with van der Waals surface area (Å²) in [6.07, 6.45) is 0. The first kappa shape index (κ1) is 17.8. The van der Waals surface area contributed by atoms with E-state index in [4.69, 9.17) is 4.74 Å². The molecule has 0 aliphatic heterocycles. The SMILES string of the molecule is COc1ccc(CSCC(=O)Nc2ccc(C)cc2)cc1[N+](=O)[O-]. The van der Waals surface area contributed by atoms with Gasteiger partial charge in [0.05, 0.1) is 17.8 Å². The van der Waals surface area contributed by atoms with Crippen LogP contribution in [0, 0.1) is 17.0 Å². The van der Waals surface area contributed by atoms with Crippen molar-refractivity contribution in [3.05, 3.63) is 63.7 Å². The summed E-state index contributed by atoms with van der Waals surface area (Å²) >= 11 is 1.40. The number of ether oxygens (including phenoxy) is 1. The molecule has 6 nitrogen and oxygen atoms in total. The van der Waals surface area contributed by atoms with Gasteiger partial charge in [-0.05, 0) is 30.7 Å². The van der Waals surface area contributed by atoms with E-state index in [2.05, 4.69) is 5.32 Å². The Morgan fingerprint density at radius 1 is 1.25 bits per heavy atom. The number of nitro benzene ring substituents is 1. The second-order valence-corrected chi connectivity index (χ2v) is 6.16. The largest absolute Gasteiger partial charge is 0.490 e. The number of carbonyl (C=O) groups is 1. The minimum absolute atomic E-state index is 0.0697. The van der Waals surface area contributed by atoms with Crippen molar-refractivity contribution in [1.82, 2.24) is 0 Å². The maximum absolute atomic E-state index is 11.9. The highest BCUT2D eigenvalue weighted by atomic mass is 32.2. The van der Waals surface area contributed by atoms with Crippen molar-refractivity contribution in [3.8, 4) is 5.75 Å². The average molecular weight is 346 g/mol. The van der Waals surface area contributed by atoms with Crippen LogP contribution < -0.4 is 10.1 Å². The van der Waals surface area contributed by atoms with Gasteiger partial charge in [0.15, 0.2) is 5.75 Å². The van der Waals surface area contributed by atoms with Crippen LogP contribution in [-0.2, 0) is 10.5 Å². The summed E-state index contributed by atoms with van der Waals surface area (Å²) in [6.45, 7) is 1.98. The van der Waals surface area contributed by atoms with Crippen molar-refractivity contribution in [2.24, 2.45) is 0 Å². The molecule has 0 atom stereocenters. The number of hydrogen-bond donors (Lipinski definition) is 1. The van der Waals surface area contributed by atoms with Gasteiger partial charge in [-0.15, -0.1) is 11.8 Å². The minimum Gasteiger partial charge on any atom is -0.490 e. The van der Waals surface area contributed by atoms with Gasteiger partial charge in [0.2, 0.25) is 5.91 Å². The Kier molecular flexibility index (Phi) is 6.20. The third-order valence-electron chi connectivity index (χ3n) is 3.28. The van der Waals surface area contributed by atoms with Gasteiger partial charge in [0, 0.05) is 17.5 Å². The zero-order valence-corrected chi connectivity index (χ0v) is 14.3. The Morgan fingerprint density at radius 3 is 2.58 bits per heavy atom. The second-order valence-electron chi connectivity index (χ2n) is 5.17. The smallest absolute Gasteiger partial charge is 0.311 e. The van der Waals surface area contributed by atoms with Crippen molar-refractivity contribution in [2.45, 2.75) is 12.7 Å². The van der Waals surface area contributed by atoms with Crippen LogP contribution in [0.25, 0.3) is 0 Å². The summed E-state index contributed by atoms with van der Waals surface area (Å²) in [6, 6.07) is 12.4. The Balaban J connectivity index is 1.87. The molecule has 0 fully saturated rings. The van der Waals surface area contributed by atoms with E-state index in [1.165, 1.54) is 24.9 Å². The van der Waals surface area contributed by atoms with Crippen molar-refractivity contribution in [2.75, 3.05) is 18.2 Å². The van der Waals surface area contributed by atoms with Gasteiger partial charge < -0.3 is 10.1 Å². The fraction of sp³-hybridized carbons (Fsp3) is 0.235. The quantitative estimate of drug-likeness (QED) is 0.609. The summed E-state index contributed by atoms with van der Waals surface area (Å²) in [5, 5.41) is 13.8. The van der Waals surface area contributed by atoms with E-state index in [1.54, 1.807) is 12.1 Å². The molecule has 7 heteroatoms. The lowest BCUT2D eigenvalue weighted by molar-refractivity contribution is -0.385. The molecule has 1 N–H and O–H groups in total. The normalized spacial score (nSPS) is 10.2. The molecule has 0 aromatic heterocycles. The summed E-state index contributed by atoms with van der Waals surface area (Å²) in [7, 11) is 1.40. The van der Waals surface area contributed by atoms with Crippen LogP contribution >= 0.6 is 11.8 Å². The number of rotatable bonds is 7. The fourth-order valence-electron chi connectivity index (χ4n) is 2.06. The van der Waals surface area contributed by atoms with Gasteiger partial charge in [-0.2, -0.15) is 0 Å². The predicted molar refractivity (Wildman–Crippen MR) is 95.6 cm³/mol. The monoisotopic (exact) mass is 346 g/mol. The summed E-state index contributed by atoms with van der Waals surface area (Å²) < 4.78 is 4.97. The molecule has 0 spiro atoms. The van der Waals surface area contributed by atoms with E-state index >= 15 is 0 Å². The molecule has 0 aliphatic carbocycles.